The van der Waals surface area contributed by atoms with Crippen LogP contribution in [-0.2, 0) is 29.1 Å². The number of rotatable bonds is 6. The average molecular weight is 578 g/mol. The molecule has 1 saturated heterocycles. The second kappa shape index (κ2) is 11.4. The first kappa shape index (κ1) is 29.2. The minimum atomic E-state index is -4.28. The lowest BCUT2D eigenvalue weighted by Crippen LogP contribution is -2.68. The monoisotopic (exact) mass is 577 g/mol. The Kier molecular flexibility index (Phi) is 8.28. The molecule has 4 rings (SSSR count). The first-order valence-electron chi connectivity index (χ1n) is 13.2. The zero-order valence-corrected chi connectivity index (χ0v) is 23.1. The molecule has 1 aromatic carbocycles. The summed E-state index contributed by atoms with van der Waals surface area (Å²) < 4.78 is 40.4. The van der Waals surface area contributed by atoms with Gasteiger partial charge in [0.1, 0.15) is 5.75 Å². The molecule has 13 nitrogen and oxygen atoms in total. The smallest absolute Gasteiger partial charge is 0.405 e. The number of amides is 4. The normalized spacial score (nSPS) is 30.0. The van der Waals surface area contributed by atoms with Gasteiger partial charge in [-0.1, -0.05) is 24.6 Å². The third-order valence-electron chi connectivity index (χ3n) is 7.76. The van der Waals surface area contributed by atoms with Gasteiger partial charge in [0.05, 0.1) is 12.8 Å². The Labute approximate surface area is 232 Å². The number of methoxy groups -OCH3 is 1. The lowest BCUT2D eigenvalue weighted by Gasteiger charge is -2.37. The Morgan fingerprint density at radius 3 is 2.62 bits per heavy atom. The summed E-state index contributed by atoms with van der Waals surface area (Å²) in [7, 11) is -2.83. The summed E-state index contributed by atoms with van der Waals surface area (Å²) >= 11 is 0. The number of sulfonamides is 1. The topological polar surface area (TPSA) is 200 Å². The SMILES string of the molecule is COc1cccc(NS(=O)(=O)C23CC2/C=C\CCCCCC(OC(N)=O)C(=O)N2CCCC2(C(N)=O)C(=O)N3)c1. The second-order valence-electron chi connectivity index (χ2n) is 10.3. The molecular formula is C26H35N5O8S. The first-order chi connectivity index (χ1) is 19.0. The molecule has 0 bridgehead atoms. The number of carbonyl (C=O) groups is 4. The number of allylic oxidation sites excluding steroid dienone is 1. The quantitative estimate of drug-likeness (QED) is 0.284. The molecule has 6 N–H and O–H groups in total. The van der Waals surface area contributed by atoms with Gasteiger partial charge in [-0.25, -0.2) is 13.2 Å². The van der Waals surface area contributed by atoms with Gasteiger partial charge in [-0.2, -0.15) is 0 Å². The summed E-state index contributed by atoms with van der Waals surface area (Å²) in [6.07, 6.45) is 4.03. The zero-order chi connectivity index (χ0) is 29.1. The molecule has 1 aliphatic carbocycles. The zero-order valence-electron chi connectivity index (χ0n) is 22.3. The van der Waals surface area contributed by atoms with Crippen molar-refractivity contribution in [3.8, 4) is 5.75 Å². The number of anilines is 1. The second-order valence-corrected chi connectivity index (χ2v) is 12.2. The van der Waals surface area contributed by atoms with Crippen molar-refractivity contribution in [3.05, 3.63) is 36.4 Å². The summed E-state index contributed by atoms with van der Waals surface area (Å²) in [6, 6.07) is 6.31. The number of benzene rings is 1. The van der Waals surface area contributed by atoms with Gasteiger partial charge in [-0.05, 0) is 57.1 Å². The molecular weight excluding hydrogens is 542 g/mol. The third-order valence-corrected chi connectivity index (χ3v) is 9.79. The fourth-order valence-electron chi connectivity index (χ4n) is 5.54. The predicted molar refractivity (Wildman–Crippen MR) is 144 cm³/mol. The molecule has 0 spiro atoms. The van der Waals surface area contributed by atoms with Gasteiger partial charge in [0.15, 0.2) is 11.0 Å². The van der Waals surface area contributed by atoms with E-state index in [0.717, 1.165) is 11.3 Å². The van der Waals surface area contributed by atoms with Crippen molar-refractivity contribution in [3.63, 3.8) is 0 Å². The van der Waals surface area contributed by atoms with Crippen molar-refractivity contribution in [1.82, 2.24) is 10.2 Å². The Bertz CT molecular complexity index is 1320. The number of nitrogens with two attached hydrogens (primary N) is 2. The molecule has 4 atom stereocenters. The van der Waals surface area contributed by atoms with Crippen molar-refractivity contribution < 1.29 is 37.1 Å². The largest absolute Gasteiger partial charge is 0.497 e. The van der Waals surface area contributed by atoms with Crippen LogP contribution in [0.3, 0.4) is 0 Å². The number of ether oxygens (including phenoxy) is 2. The Morgan fingerprint density at radius 2 is 1.93 bits per heavy atom. The molecule has 0 radical (unpaired) electrons. The van der Waals surface area contributed by atoms with E-state index in [9.17, 15) is 27.6 Å². The summed E-state index contributed by atoms with van der Waals surface area (Å²) in [5.74, 6) is -3.07. The molecule has 2 aliphatic heterocycles. The highest BCUT2D eigenvalue weighted by Crippen LogP contribution is 2.50. The maximum atomic E-state index is 13.9. The molecule has 218 valence electrons. The fourth-order valence-corrected chi connectivity index (χ4v) is 7.26. The third kappa shape index (κ3) is 5.44. The molecule has 40 heavy (non-hydrogen) atoms. The van der Waals surface area contributed by atoms with Crippen LogP contribution in [0, 0.1) is 5.92 Å². The molecule has 3 aliphatic rings. The Morgan fingerprint density at radius 1 is 1.15 bits per heavy atom. The van der Waals surface area contributed by atoms with Crippen molar-refractivity contribution in [2.75, 3.05) is 18.4 Å². The average Bonchev–Trinajstić information content (AvgIpc) is 3.41. The fraction of sp³-hybridized carbons (Fsp3) is 0.538. The van der Waals surface area contributed by atoms with Gasteiger partial charge < -0.3 is 31.2 Å². The minimum absolute atomic E-state index is 0.0149. The van der Waals surface area contributed by atoms with Crippen molar-refractivity contribution in [1.29, 1.82) is 0 Å². The van der Waals surface area contributed by atoms with Crippen LogP contribution < -0.4 is 26.2 Å². The van der Waals surface area contributed by atoms with E-state index in [4.69, 9.17) is 20.9 Å². The number of nitrogens with zero attached hydrogens (tertiary/aromatic N) is 1. The number of hydrogen-bond acceptors (Lipinski definition) is 8. The van der Waals surface area contributed by atoms with Crippen molar-refractivity contribution >= 4 is 39.5 Å². The highest BCUT2D eigenvalue weighted by Gasteiger charge is 2.67. The molecule has 1 aromatic rings. The summed E-state index contributed by atoms with van der Waals surface area (Å²) in [5.41, 5.74) is 9.00. The summed E-state index contributed by atoms with van der Waals surface area (Å²) in [4.78, 5) is 51.2. The number of primary amides is 2. The van der Waals surface area contributed by atoms with Crippen LogP contribution in [0.5, 0.6) is 5.75 Å². The number of carbonyl (C=O) groups excluding carboxylic acids is 4. The standard InChI is InChI=1S/C26H35N5O8S/c1-38-19-11-7-10-18(15-19)30-40(36,37)26-16-17(26)9-5-3-2-4-6-12-20(39-24(28)35)21(32)31-14-8-13-25(31,22(27)33)23(34)29-26/h5,7,9-11,15,17,20,30H,2-4,6,8,12-14,16H2,1H3,(H2,27,33)(H2,28,35)(H,29,34)/b9-5-. The number of fused-ring (bicyclic) bond motifs is 2. The molecule has 14 heteroatoms. The molecule has 2 heterocycles. The van der Waals surface area contributed by atoms with E-state index in [1.54, 1.807) is 24.3 Å². The predicted octanol–water partition coefficient (Wildman–Crippen LogP) is 1.10. The van der Waals surface area contributed by atoms with Gasteiger partial charge >= 0.3 is 6.09 Å². The molecule has 2 fully saturated rings. The van der Waals surface area contributed by atoms with Crippen LogP contribution in [0.2, 0.25) is 0 Å². The van der Waals surface area contributed by atoms with Crippen LogP contribution in [-0.4, -0.2) is 67.3 Å². The highest BCUT2D eigenvalue weighted by molar-refractivity contribution is 7.94. The van der Waals surface area contributed by atoms with Gasteiger partial charge in [-0.15, -0.1) is 0 Å². The summed E-state index contributed by atoms with van der Waals surface area (Å²) in [6.45, 7) is -0.0149. The Balaban J connectivity index is 1.73. The minimum Gasteiger partial charge on any atom is -0.497 e. The van der Waals surface area contributed by atoms with Crippen LogP contribution >= 0.6 is 0 Å². The van der Waals surface area contributed by atoms with E-state index >= 15 is 0 Å². The van der Waals surface area contributed by atoms with E-state index in [1.165, 1.54) is 13.2 Å². The van der Waals surface area contributed by atoms with Crippen LogP contribution in [0.4, 0.5) is 10.5 Å². The summed E-state index contributed by atoms with van der Waals surface area (Å²) in [5, 5.41) is 2.60. The van der Waals surface area contributed by atoms with Crippen LogP contribution in [0.25, 0.3) is 0 Å². The molecule has 0 aromatic heterocycles. The maximum absolute atomic E-state index is 13.9. The van der Waals surface area contributed by atoms with E-state index in [1.807, 2.05) is 6.08 Å². The maximum Gasteiger partial charge on any atom is 0.405 e. The van der Waals surface area contributed by atoms with Crippen molar-refractivity contribution in [2.45, 2.75) is 67.9 Å². The van der Waals surface area contributed by atoms with Crippen LogP contribution in [0.15, 0.2) is 36.4 Å². The molecule has 1 saturated carbocycles. The first-order valence-corrected chi connectivity index (χ1v) is 14.7. The lowest BCUT2D eigenvalue weighted by molar-refractivity contribution is -0.157. The molecule has 4 amide bonds. The molecule has 4 unspecified atom stereocenters. The van der Waals surface area contributed by atoms with Gasteiger partial charge in [0, 0.05) is 18.5 Å². The van der Waals surface area contributed by atoms with E-state index < -0.39 is 56.3 Å². The van der Waals surface area contributed by atoms with Gasteiger partial charge in [0.25, 0.3) is 27.7 Å². The van der Waals surface area contributed by atoms with E-state index in [0.29, 0.717) is 25.0 Å². The highest BCUT2D eigenvalue weighted by atomic mass is 32.2. The number of hydrogen-bond donors (Lipinski definition) is 4. The van der Waals surface area contributed by atoms with Crippen molar-refractivity contribution in [2.24, 2.45) is 17.4 Å². The Hall–Kier alpha value is -3.81. The van der Waals surface area contributed by atoms with Gasteiger partial charge in [0.2, 0.25) is 5.54 Å². The van der Waals surface area contributed by atoms with E-state index in [2.05, 4.69) is 10.0 Å². The van der Waals surface area contributed by atoms with Gasteiger partial charge in [-0.3, -0.25) is 19.1 Å². The lowest BCUT2D eigenvalue weighted by atomic mass is 9.92. The van der Waals surface area contributed by atoms with E-state index in [-0.39, 0.29) is 37.9 Å². The van der Waals surface area contributed by atoms with Crippen LogP contribution in [0.1, 0.15) is 51.4 Å². The number of nitrogens with one attached hydrogen (secondary N) is 2.